The predicted octanol–water partition coefficient (Wildman–Crippen LogP) is 5.53. The van der Waals surface area contributed by atoms with Crippen LogP contribution in [0.2, 0.25) is 5.02 Å². The molecule has 0 radical (unpaired) electrons. The minimum atomic E-state index is -0.342. The summed E-state index contributed by atoms with van der Waals surface area (Å²) < 4.78 is 0. The number of fused-ring (bicyclic) bond motifs is 1. The van der Waals surface area contributed by atoms with Gasteiger partial charge in [-0.1, -0.05) is 56.6 Å². The Balaban J connectivity index is 1.69. The van der Waals surface area contributed by atoms with E-state index < -0.39 is 0 Å². The molecule has 0 saturated heterocycles. The molecule has 0 aromatic heterocycles. The number of amides is 2. The van der Waals surface area contributed by atoms with E-state index in [1.807, 2.05) is 36.4 Å². The second-order valence-electron chi connectivity index (χ2n) is 8.98. The number of halogens is 1. The normalized spacial score (nSPS) is 13.4. The van der Waals surface area contributed by atoms with E-state index in [9.17, 15) is 9.59 Å². The van der Waals surface area contributed by atoms with Crippen molar-refractivity contribution in [1.29, 1.82) is 0 Å². The van der Waals surface area contributed by atoms with Gasteiger partial charge in [-0.3, -0.25) is 14.9 Å². The van der Waals surface area contributed by atoms with Crippen LogP contribution in [-0.2, 0) is 10.2 Å². The van der Waals surface area contributed by atoms with Crippen LogP contribution in [0.25, 0.3) is 0 Å². The Hall–Kier alpha value is -3.84. The van der Waals surface area contributed by atoms with Gasteiger partial charge in [0.05, 0.1) is 23.6 Å². The number of para-hydroxylation sites is 1. The number of guanidine groups is 1. The van der Waals surface area contributed by atoms with Crippen LogP contribution in [0.3, 0.4) is 0 Å². The molecule has 3 aromatic carbocycles. The third kappa shape index (κ3) is 5.55. The Kier molecular flexibility index (Phi) is 6.56. The molecule has 1 aliphatic rings. The van der Waals surface area contributed by atoms with E-state index in [-0.39, 0.29) is 29.7 Å². The number of anilines is 3. The van der Waals surface area contributed by atoms with E-state index in [1.165, 1.54) is 0 Å². The van der Waals surface area contributed by atoms with E-state index in [0.29, 0.717) is 22.0 Å². The number of rotatable bonds is 3. The topological polar surface area (TPSA) is 94.6 Å². The minimum absolute atomic E-state index is 0.0944. The summed E-state index contributed by atoms with van der Waals surface area (Å²) in [6.45, 7) is 6.54. The van der Waals surface area contributed by atoms with Crippen LogP contribution >= 0.6 is 11.6 Å². The van der Waals surface area contributed by atoms with Crippen LogP contribution < -0.4 is 21.3 Å². The van der Waals surface area contributed by atoms with Gasteiger partial charge in [0.25, 0.3) is 5.91 Å². The third-order valence-corrected chi connectivity index (χ3v) is 5.49. The van der Waals surface area contributed by atoms with E-state index in [4.69, 9.17) is 16.6 Å². The number of nitrogens with zero attached hydrogens (tertiary/aromatic N) is 1. The Morgan fingerprint density at radius 2 is 1.79 bits per heavy atom. The Bertz CT molecular complexity index is 1280. The Labute approximate surface area is 203 Å². The average Bonchev–Trinajstić information content (AvgIpc) is 2.79. The van der Waals surface area contributed by atoms with Crippen LogP contribution in [-0.4, -0.2) is 24.3 Å². The van der Waals surface area contributed by atoms with Crippen molar-refractivity contribution in [1.82, 2.24) is 5.32 Å². The molecule has 7 nitrogen and oxygen atoms in total. The van der Waals surface area contributed by atoms with E-state index in [2.05, 4.69) is 42.0 Å². The lowest BCUT2D eigenvalue weighted by Crippen LogP contribution is -2.36. The zero-order valence-electron chi connectivity index (χ0n) is 19.2. The van der Waals surface area contributed by atoms with E-state index >= 15 is 0 Å². The highest BCUT2D eigenvalue weighted by molar-refractivity contribution is 6.31. The molecule has 0 unspecified atom stereocenters. The van der Waals surface area contributed by atoms with Gasteiger partial charge in [0.2, 0.25) is 11.9 Å². The maximum atomic E-state index is 13.0. The molecule has 0 spiro atoms. The fraction of sp³-hybridized carbons (Fsp3) is 0.192. The third-order valence-electron chi connectivity index (χ3n) is 5.26. The smallest absolute Gasteiger partial charge is 0.258 e. The lowest BCUT2D eigenvalue weighted by atomic mass is 9.86. The first-order valence-electron chi connectivity index (χ1n) is 10.9. The molecule has 0 bridgehead atoms. The molecule has 0 fully saturated rings. The molecule has 34 heavy (non-hydrogen) atoms. The minimum Gasteiger partial charge on any atom is -0.374 e. The first-order chi connectivity index (χ1) is 16.2. The van der Waals surface area contributed by atoms with Crippen LogP contribution in [0.5, 0.6) is 0 Å². The number of nitrogens with one attached hydrogen (secondary N) is 4. The molecule has 0 atom stereocenters. The van der Waals surface area contributed by atoms with Gasteiger partial charge in [-0.25, -0.2) is 4.99 Å². The van der Waals surface area contributed by atoms with Crippen molar-refractivity contribution in [3.05, 3.63) is 82.9 Å². The lowest BCUT2D eigenvalue weighted by Gasteiger charge is -2.22. The van der Waals surface area contributed by atoms with Crippen molar-refractivity contribution in [3.8, 4) is 0 Å². The summed E-state index contributed by atoms with van der Waals surface area (Å²) in [5.74, 6) is -0.171. The van der Waals surface area contributed by atoms with Gasteiger partial charge in [0.1, 0.15) is 0 Å². The van der Waals surface area contributed by atoms with Crippen LogP contribution in [0.15, 0.2) is 71.7 Å². The van der Waals surface area contributed by atoms with Gasteiger partial charge in [-0.2, -0.15) is 0 Å². The quantitative estimate of drug-likeness (QED) is 0.296. The predicted molar refractivity (Wildman–Crippen MR) is 138 cm³/mol. The summed E-state index contributed by atoms with van der Waals surface area (Å²) in [4.78, 5) is 29.4. The van der Waals surface area contributed by atoms with Gasteiger partial charge in [0.15, 0.2) is 0 Å². The molecule has 0 saturated carbocycles. The number of hydrogen-bond acceptors (Lipinski definition) is 4. The molecule has 1 heterocycles. The fourth-order valence-corrected chi connectivity index (χ4v) is 3.80. The molecule has 8 heteroatoms. The number of aliphatic imine (C=N–C) groups is 1. The molecule has 2 amide bonds. The van der Waals surface area contributed by atoms with Crippen LogP contribution in [0.4, 0.5) is 22.7 Å². The SMILES string of the molecule is CC(C)(C)c1ccccc1N=C(NC(=O)c1cccc(Cl)c1)Nc1ccc2c(c1)NCC(=O)N2. The van der Waals surface area contributed by atoms with E-state index in [0.717, 1.165) is 16.9 Å². The summed E-state index contributed by atoms with van der Waals surface area (Å²) >= 11 is 6.07. The molecule has 4 N–H and O–H groups in total. The monoisotopic (exact) mass is 475 g/mol. The van der Waals surface area contributed by atoms with Gasteiger partial charge in [-0.05, 0) is 53.4 Å². The van der Waals surface area contributed by atoms with Gasteiger partial charge in [0, 0.05) is 16.3 Å². The van der Waals surface area contributed by atoms with Crippen molar-refractivity contribution in [2.45, 2.75) is 26.2 Å². The summed E-state index contributed by atoms with van der Waals surface area (Å²) in [5.41, 5.74) is 4.23. The van der Waals surface area contributed by atoms with Crippen molar-refractivity contribution in [3.63, 3.8) is 0 Å². The highest BCUT2D eigenvalue weighted by Crippen LogP contribution is 2.32. The standard InChI is InChI=1S/C26H26ClN5O2/c1-26(2,3)19-9-4-5-10-20(19)31-25(32-24(34)16-7-6-8-17(27)13-16)29-18-11-12-21-22(14-18)28-15-23(33)30-21/h4-14,28H,15H2,1-3H3,(H,30,33)(H2,29,31,32,34). The van der Waals surface area contributed by atoms with Crippen LogP contribution in [0.1, 0.15) is 36.7 Å². The molecular weight excluding hydrogens is 450 g/mol. The molecule has 3 aromatic rings. The summed E-state index contributed by atoms with van der Waals surface area (Å²) in [6, 6.07) is 20.0. The Morgan fingerprint density at radius 3 is 2.56 bits per heavy atom. The zero-order chi connectivity index (χ0) is 24.3. The maximum Gasteiger partial charge on any atom is 0.258 e. The summed E-state index contributed by atoms with van der Waals surface area (Å²) in [5, 5.41) is 12.5. The number of carbonyl (C=O) groups is 2. The second-order valence-corrected chi connectivity index (χ2v) is 9.42. The number of benzene rings is 3. The van der Waals surface area contributed by atoms with Crippen molar-refractivity contribution in [2.75, 3.05) is 22.5 Å². The van der Waals surface area contributed by atoms with Crippen molar-refractivity contribution >= 4 is 52.1 Å². The molecule has 4 rings (SSSR count). The number of carbonyl (C=O) groups excluding carboxylic acids is 2. The Morgan fingerprint density at radius 1 is 1.00 bits per heavy atom. The first-order valence-corrected chi connectivity index (χ1v) is 11.3. The average molecular weight is 476 g/mol. The summed E-state index contributed by atoms with van der Waals surface area (Å²) in [6.07, 6.45) is 0. The second kappa shape index (κ2) is 9.57. The molecular formula is C26H26ClN5O2. The lowest BCUT2D eigenvalue weighted by molar-refractivity contribution is -0.114. The van der Waals surface area contributed by atoms with Gasteiger partial charge in [-0.15, -0.1) is 0 Å². The van der Waals surface area contributed by atoms with Crippen molar-refractivity contribution in [2.24, 2.45) is 4.99 Å². The fourth-order valence-electron chi connectivity index (χ4n) is 3.61. The largest absolute Gasteiger partial charge is 0.374 e. The number of hydrogen-bond donors (Lipinski definition) is 4. The van der Waals surface area contributed by atoms with Crippen LogP contribution in [0, 0.1) is 0 Å². The van der Waals surface area contributed by atoms with Gasteiger partial charge >= 0.3 is 0 Å². The van der Waals surface area contributed by atoms with Crippen molar-refractivity contribution < 1.29 is 9.59 Å². The van der Waals surface area contributed by atoms with Gasteiger partial charge < -0.3 is 16.0 Å². The molecule has 1 aliphatic heterocycles. The first kappa shape index (κ1) is 23.3. The van der Waals surface area contributed by atoms with E-state index in [1.54, 1.807) is 30.3 Å². The summed E-state index contributed by atoms with van der Waals surface area (Å²) in [7, 11) is 0. The zero-order valence-corrected chi connectivity index (χ0v) is 20.0. The highest BCUT2D eigenvalue weighted by Gasteiger charge is 2.19. The molecule has 0 aliphatic carbocycles. The maximum absolute atomic E-state index is 13.0. The highest BCUT2D eigenvalue weighted by atomic mass is 35.5. The molecule has 174 valence electrons.